The second kappa shape index (κ2) is 6.94. The Kier molecular flexibility index (Phi) is 5.19. The van der Waals surface area contributed by atoms with Crippen molar-refractivity contribution >= 4 is 38.4 Å². The fourth-order valence-corrected chi connectivity index (χ4v) is 3.53. The quantitative estimate of drug-likeness (QED) is 0.724. The molecule has 1 heterocycles. The van der Waals surface area contributed by atoms with Gasteiger partial charge in [0.05, 0.1) is 6.54 Å². The third-order valence-corrected chi connectivity index (χ3v) is 4.93. The van der Waals surface area contributed by atoms with E-state index < -0.39 is 16.3 Å². The van der Waals surface area contributed by atoms with Crippen LogP contribution in [-0.2, 0) is 10.3 Å². The first kappa shape index (κ1) is 17.2. The number of nitrogens with zero attached hydrogens (tertiary/aromatic N) is 3. The molecule has 10 heteroatoms. The molecule has 0 bridgehead atoms. The Morgan fingerprint density at radius 1 is 1.26 bits per heavy atom. The zero-order chi connectivity index (χ0) is 17.0. The van der Waals surface area contributed by atoms with Gasteiger partial charge in [0.15, 0.2) is 5.69 Å². The van der Waals surface area contributed by atoms with Gasteiger partial charge in [0.25, 0.3) is 0 Å². The standard InChI is InChI=1S/C13H15N3O5S2/c1-15(10-5-3-2-4-6-10)7-8-16(23(19,20)21)13-14-11(9-22-13)12(17)18/h2-6,9H,7-8H2,1H3,(H,17,18)(H,19,20,21). The van der Waals surface area contributed by atoms with Crippen LogP contribution in [0.5, 0.6) is 0 Å². The lowest BCUT2D eigenvalue weighted by Crippen LogP contribution is -2.37. The number of hydrogen-bond donors (Lipinski definition) is 2. The fourth-order valence-electron chi connectivity index (χ4n) is 1.84. The Hall–Kier alpha value is -2.17. The summed E-state index contributed by atoms with van der Waals surface area (Å²) in [7, 11) is -2.77. The van der Waals surface area contributed by atoms with Crippen molar-refractivity contribution in [3.05, 3.63) is 41.4 Å². The van der Waals surface area contributed by atoms with Crippen LogP contribution in [0.25, 0.3) is 0 Å². The summed E-state index contributed by atoms with van der Waals surface area (Å²) in [5, 5.41) is 9.98. The zero-order valence-corrected chi connectivity index (χ0v) is 13.8. The fraction of sp³-hybridized carbons (Fsp3) is 0.231. The topological polar surface area (TPSA) is 111 Å². The summed E-state index contributed by atoms with van der Waals surface area (Å²) >= 11 is 0.837. The maximum atomic E-state index is 11.5. The van der Waals surface area contributed by atoms with Crippen molar-refractivity contribution in [1.82, 2.24) is 4.98 Å². The van der Waals surface area contributed by atoms with Gasteiger partial charge in [-0.1, -0.05) is 18.2 Å². The van der Waals surface area contributed by atoms with Crippen molar-refractivity contribution < 1.29 is 22.9 Å². The van der Waals surface area contributed by atoms with Crippen molar-refractivity contribution in [2.45, 2.75) is 0 Å². The number of carbonyl (C=O) groups is 1. The van der Waals surface area contributed by atoms with Gasteiger partial charge in [0, 0.05) is 24.7 Å². The number of hydrogen-bond acceptors (Lipinski definition) is 6. The van der Waals surface area contributed by atoms with Crippen LogP contribution in [0.2, 0.25) is 0 Å². The maximum Gasteiger partial charge on any atom is 0.361 e. The van der Waals surface area contributed by atoms with Gasteiger partial charge in [0.2, 0.25) is 5.13 Å². The molecule has 1 aromatic heterocycles. The van der Waals surface area contributed by atoms with E-state index in [9.17, 15) is 17.8 Å². The molecule has 0 saturated carbocycles. The number of benzene rings is 1. The molecule has 0 unspecified atom stereocenters. The number of carboxylic acids is 1. The number of aromatic nitrogens is 1. The summed E-state index contributed by atoms with van der Waals surface area (Å²) in [6.45, 7) is 0.211. The average molecular weight is 357 g/mol. The second-order valence-corrected chi connectivity index (χ2v) is 6.80. The Morgan fingerprint density at radius 2 is 1.91 bits per heavy atom. The van der Waals surface area contributed by atoms with Gasteiger partial charge < -0.3 is 10.0 Å². The number of likely N-dealkylation sites (N-methyl/N-ethyl adjacent to an activating group) is 1. The second-order valence-electron chi connectivity index (χ2n) is 4.63. The molecule has 0 atom stereocenters. The van der Waals surface area contributed by atoms with E-state index in [1.165, 1.54) is 5.38 Å². The highest BCUT2D eigenvalue weighted by Gasteiger charge is 2.24. The molecule has 2 N–H and O–H groups in total. The number of thiazole rings is 1. The van der Waals surface area contributed by atoms with E-state index >= 15 is 0 Å². The molecular weight excluding hydrogens is 342 g/mol. The van der Waals surface area contributed by atoms with Crippen LogP contribution in [0.3, 0.4) is 0 Å². The van der Waals surface area contributed by atoms with E-state index in [4.69, 9.17) is 5.11 Å². The lowest BCUT2D eigenvalue weighted by atomic mass is 10.3. The molecule has 0 saturated heterocycles. The van der Waals surface area contributed by atoms with Crippen LogP contribution < -0.4 is 9.21 Å². The zero-order valence-electron chi connectivity index (χ0n) is 12.2. The monoisotopic (exact) mass is 357 g/mol. The first-order chi connectivity index (χ1) is 10.8. The van der Waals surface area contributed by atoms with Crippen LogP contribution in [0.4, 0.5) is 10.8 Å². The molecule has 1 aromatic carbocycles. The Morgan fingerprint density at radius 3 is 2.43 bits per heavy atom. The molecule has 0 amide bonds. The predicted molar refractivity (Wildman–Crippen MR) is 87.7 cm³/mol. The number of carboxylic acid groups (broad SMARTS) is 1. The molecule has 0 radical (unpaired) electrons. The minimum atomic E-state index is -4.55. The number of anilines is 2. The van der Waals surface area contributed by atoms with Gasteiger partial charge in [-0.3, -0.25) is 4.55 Å². The van der Waals surface area contributed by atoms with E-state index in [1.807, 2.05) is 35.2 Å². The van der Waals surface area contributed by atoms with Crippen molar-refractivity contribution in [2.75, 3.05) is 29.3 Å². The third kappa shape index (κ3) is 4.41. The molecular formula is C13H15N3O5S2. The lowest BCUT2D eigenvalue weighted by Gasteiger charge is -2.23. The summed E-state index contributed by atoms with van der Waals surface area (Å²) in [6, 6.07) is 9.30. The lowest BCUT2D eigenvalue weighted by molar-refractivity contribution is 0.0691. The van der Waals surface area contributed by atoms with Crippen LogP contribution in [-0.4, -0.2) is 49.2 Å². The smallest absolute Gasteiger partial charge is 0.361 e. The summed E-state index contributed by atoms with van der Waals surface area (Å²) in [5.41, 5.74) is 0.614. The third-order valence-electron chi connectivity index (χ3n) is 3.04. The molecule has 0 spiro atoms. The molecule has 0 aliphatic rings. The van der Waals surface area contributed by atoms with Gasteiger partial charge in [-0.2, -0.15) is 8.42 Å². The normalized spacial score (nSPS) is 11.2. The number of rotatable bonds is 7. The number of aromatic carboxylic acids is 1. The highest BCUT2D eigenvalue weighted by atomic mass is 32.2. The Balaban J connectivity index is 2.15. The predicted octanol–water partition coefficient (Wildman–Crippen LogP) is 1.59. The van der Waals surface area contributed by atoms with Crippen LogP contribution >= 0.6 is 11.3 Å². The highest BCUT2D eigenvalue weighted by molar-refractivity contribution is 7.87. The highest BCUT2D eigenvalue weighted by Crippen LogP contribution is 2.23. The van der Waals surface area contributed by atoms with Crippen molar-refractivity contribution in [3.63, 3.8) is 0 Å². The van der Waals surface area contributed by atoms with Gasteiger partial charge in [0.1, 0.15) is 0 Å². The van der Waals surface area contributed by atoms with Gasteiger partial charge in [-0.25, -0.2) is 14.1 Å². The minimum Gasteiger partial charge on any atom is -0.476 e. The number of para-hydroxylation sites is 1. The molecule has 2 rings (SSSR count). The molecule has 124 valence electrons. The van der Waals surface area contributed by atoms with Gasteiger partial charge in [-0.15, -0.1) is 11.3 Å². The maximum absolute atomic E-state index is 11.5. The summed E-state index contributed by atoms with van der Waals surface area (Å²) in [6.07, 6.45) is 0. The summed E-state index contributed by atoms with van der Waals surface area (Å²) in [4.78, 5) is 16.4. The molecule has 8 nitrogen and oxygen atoms in total. The van der Waals surface area contributed by atoms with Crippen molar-refractivity contribution in [3.8, 4) is 0 Å². The summed E-state index contributed by atoms with van der Waals surface area (Å²) < 4.78 is 33.1. The van der Waals surface area contributed by atoms with E-state index in [-0.39, 0.29) is 23.9 Å². The molecule has 23 heavy (non-hydrogen) atoms. The average Bonchev–Trinajstić information content (AvgIpc) is 2.96. The molecule has 0 aliphatic carbocycles. The van der Waals surface area contributed by atoms with Crippen LogP contribution in [0.1, 0.15) is 10.5 Å². The molecule has 2 aromatic rings. The van der Waals surface area contributed by atoms with Crippen LogP contribution in [0, 0.1) is 0 Å². The first-order valence-corrected chi connectivity index (χ1v) is 8.77. The Bertz CT molecular complexity index is 776. The van der Waals surface area contributed by atoms with E-state index in [1.54, 1.807) is 7.05 Å². The van der Waals surface area contributed by atoms with Crippen molar-refractivity contribution in [1.29, 1.82) is 0 Å². The molecule has 0 fully saturated rings. The van der Waals surface area contributed by atoms with Gasteiger partial charge >= 0.3 is 16.3 Å². The van der Waals surface area contributed by atoms with Crippen molar-refractivity contribution in [2.24, 2.45) is 0 Å². The van der Waals surface area contributed by atoms with E-state index in [0.717, 1.165) is 17.0 Å². The van der Waals surface area contributed by atoms with E-state index in [2.05, 4.69) is 4.98 Å². The first-order valence-electron chi connectivity index (χ1n) is 6.49. The largest absolute Gasteiger partial charge is 0.476 e. The van der Waals surface area contributed by atoms with E-state index in [0.29, 0.717) is 4.31 Å². The van der Waals surface area contributed by atoms with Gasteiger partial charge in [-0.05, 0) is 12.1 Å². The molecule has 0 aliphatic heterocycles. The minimum absolute atomic E-state index is 0.0726. The SMILES string of the molecule is CN(CCN(c1nc(C(=O)O)cs1)S(=O)(=O)O)c1ccccc1. The summed E-state index contributed by atoms with van der Waals surface area (Å²) in [5.74, 6) is -1.26. The Labute approximate surface area is 137 Å². The van der Waals surface area contributed by atoms with Crippen LogP contribution in [0.15, 0.2) is 35.7 Å².